The largest absolute Gasteiger partial charge is 0.509 e. The number of rotatable bonds is 7. The van der Waals surface area contributed by atoms with Crippen LogP contribution in [0.2, 0.25) is 0 Å². The minimum Gasteiger partial charge on any atom is -0.509 e. The molecule has 0 bridgehead atoms. The summed E-state index contributed by atoms with van der Waals surface area (Å²) < 4.78 is 5.24. The summed E-state index contributed by atoms with van der Waals surface area (Å²) in [6.45, 7) is 4.97. The number of aliphatic hydroxyl groups is 1. The number of hydrogen-bond acceptors (Lipinski definition) is 8. The van der Waals surface area contributed by atoms with Crippen LogP contribution in [0.4, 0.5) is 16.2 Å². The van der Waals surface area contributed by atoms with Crippen LogP contribution in [0.3, 0.4) is 0 Å². The van der Waals surface area contributed by atoms with E-state index in [-0.39, 0.29) is 28.9 Å². The van der Waals surface area contributed by atoms with Crippen LogP contribution in [-0.4, -0.2) is 32.7 Å². The van der Waals surface area contributed by atoms with Crippen LogP contribution in [0.25, 0.3) is 5.57 Å². The molecule has 2 N–H and O–H groups in total. The van der Waals surface area contributed by atoms with Crippen LogP contribution in [0.1, 0.15) is 31.9 Å². The van der Waals surface area contributed by atoms with Gasteiger partial charge in [-0.3, -0.25) is 20.2 Å². The number of nitro groups is 2. The highest BCUT2D eigenvalue weighted by Crippen LogP contribution is 2.24. The molecular weight excluding hydrogens is 432 g/mol. The number of non-ortho nitro benzene ring substituents is 2. The Morgan fingerprint density at radius 1 is 1.06 bits per heavy atom. The number of benzene rings is 2. The Balaban J connectivity index is 2.44. The molecule has 33 heavy (non-hydrogen) atoms. The lowest BCUT2D eigenvalue weighted by atomic mass is 9.98. The third-order valence-electron chi connectivity index (χ3n) is 4.34. The van der Waals surface area contributed by atoms with Gasteiger partial charge in [0.1, 0.15) is 17.4 Å². The van der Waals surface area contributed by atoms with E-state index in [9.17, 15) is 35.4 Å². The smallest absolute Gasteiger partial charge is 0.408 e. The molecule has 11 nitrogen and oxygen atoms in total. The summed E-state index contributed by atoms with van der Waals surface area (Å²) in [5, 5.41) is 44.8. The minimum absolute atomic E-state index is 0.0127. The van der Waals surface area contributed by atoms with Gasteiger partial charge in [0.15, 0.2) is 0 Å². The fourth-order valence-corrected chi connectivity index (χ4v) is 2.85. The number of aliphatic hydroxyl groups excluding tert-OH is 1. The van der Waals surface area contributed by atoms with Crippen molar-refractivity contribution in [1.82, 2.24) is 5.32 Å². The van der Waals surface area contributed by atoms with E-state index in [4.69, 9.17) is 4.74 Å². The maximum atomic E-state index is 12.4. The second kappa shape index (κ2) is 10.2. The van der Waals surface area contributed by atoms with Gasteiger partial charge in [-0.15, -0.1) is 0 Å². The number of allylic oxidation sites excluding steroid dienone is 1. The minimum atomic E-state index is -1.12. The number of amides is 1. The molecule has 1 atom stereocenters. The lowest BCUT2D eigenvalue weighted by Crippen LogP contribution is -2.41. The van der Waals surface area contributed by atoms with Gasteiger partial charge in [-0.2, -0.15) is 5.26 Å². The highest BCUT2D eigenvalue weighted by atomic mass is 16.6. The number of nitrogens with one attached hydrogen (secondary N) is 1. The number of nitriles is 1. The second-order valence-corrected chi connectivity index (χ2v) is 8.00. The first-order valence-corrected chi connectivity index (χ1v) is 9.72. The summed E-state index contributed by atoms with van der Waals surface area (Å²) in [5.41, 5.74) is -0.594. The number of hydrogen-bond donors (Lipinski definition) is 2. The molecule has 0 saturated heterocycles. The number of nitrogens with zero attached hydrogens (tertiary/aromatic N) is 3. The molecule has 0 saturated carbocycles. The molecule has 0 aliphatic rings. The van der Waals surface area contributed by atoms with Crippen molar-refractivity contribution in [2.75, 3.05) is 0 Å². The average molecular weight is 454 g/mol. The maximum Gasteiger partial charge on any atom is 0.408 e. The first-order chi connectivity index (χ1) is 15.4. The van der Waals surface area contributed by atoms with Crippen molar-refractivity contribution in [1.29, 1.82) is 5.26 Å². The molecule has 2 aromatic rings. The maximum absolute atomic E-state index is 12.4. The Hall–Kier alpha value is -4.46. The molecule has 0 aromatic heterocycles. The molecule has 2 rings (SSSR count). The van der Waals surface area contributed by atoms with Crippen LogP contribution in [0.15, 0.2) is 54.3 Å². The van der Waals surface area contributed by atoms with Crippen molar-refractivity contribution in [3.8, 4) is 6.07 Å². The fourth-order valence-electron chi connectivity index (χ4n) is 2.85. The first kappa shape index (κ1) is 24.8. The number of carbonyl (C=O) groups is 1. The van der Waals surface area contributed by atoms with E-state index in [1.165, 1.54) is 48.5 Å². The Kier molecular flexibility index (Phi) is 7.69. The van der Waals surface area contributed by atoms with E-state index in [1.54, 1.807) is 20.8 Å². The number of nitro benzene ring substituents is 2. The molecule has 0 spiro atoms. The Morgan fingerprint density at radius 2 is 1.55 bits per heavy atom. The Bertz CT molecular complexity index is 1110. The summed E-state index contributed by atoms with van der Waals surface area (Å²) in [6.07, 6.45) is -0.858. The van der Waals surface area contributed by atoms with Gasteiger partial charge in [0.2, 0.25) is 0 Å². The van der Waals surface area contributed by atoms with Crippen molar-refractivity contribution < 1.29 is 24.5 Å². The molecule has 11 heteroatoms. The Morgan fingerprint density at radius 3 is 1.97 bits per heavy atom. The molecule has 172 valence electrons. The summed E-state index contributed by atoms with van der Waals surface area (Å²) in [6, 6.07) is 11.2. The van der Waals surface area contributed by atoms with Crippen molar-refractivity contribution >= 4 is 23.0 Å². The number of carbonyl (C=O) groups excluding carboxylic acids is 1. The van der Waals surface area contributed by atoms with Crippen LogP contribution in [-0.2, 0) is 11.2 Å². The van der Waals surface area contributed by atoms with E-state index < -0.39 is 33.3 Å². The van der Waals surface area contributed by atoms with E-state index in [2.05, 4.69) is 5.32 Å². The SMILES string of the molecule is CC(C)(C)OC(=O)N[C@@H](Cc1ccc([N+](=O)[O-])cc1)/C(O)=C(\C#N)c1ccc([N+](=O)[O-])cc1. The summed E-state index contributed by atoms with van der Waals surface area (Å²) in [7, 11) is 0. The molecule has 0 radical (unpaired) electrons. The summed E-state index contributed by atoms with van der Waals surface area (Å²) >= 11 is 0. The molecule has 0 aliphatic heterocycles. The third-order valence-corrected chi connectivity index (χ3v) is 4.34. The van der Waals surface area contributed by atoms with Crippen molar-refractivity contribution in [3.05, 3.63) is 85.6 Å². The van der Waals surface area contributed by atoms with E-state index in [0.717, 1.165) is 0 Å². The summed E-state index contributed by atoms with van der Waals surface area (Å²) in [5.74, 6) is -0.490. The third kappa shape index (κ3) is 7.03. The Labute approximate surface area is 189 Å². The van der Waals surface area contributed by atoms with Gasteiger partial charge in [-0.1, -0.05) is 12.1 Å². The highest BCUT2D eigenvalue weighted by molar-refractivity contribution is 5.80. The standard InChI is InChI=1S/C22H22N4O7/c1-22(2,3)33-21(28)24-19(12-14-4-8-16(9-5-14)25(29)30)20(27)18(13-23)15-6-10-17(11-7-15)26(31)32/h4-11,19,27H,12H2,1-3H3,(H,24,28)/b20-18-/t19-/m0/s1. The lowest BCUT2D eigenvalue weighted by Gasteiger charge is -2.24. The lowest BCUT2D eigenvalue weighted by molar-refractivity contribution is -0.385. The first-order valence-electron chi connectivity index (χ1n) is 9.72. The van der Waals surface area contributed by atoms with Crippen LogP contribution in [0.5, 0.6) is 0 Å². The van der Waals surface area contributed by atoms with Gasteiger partial charge < -0.3 is 15.2 Å². The van der Waals surface area contributed by atoms with Crippen LogP contribution in [0, 0.1) is 31.6 Å². The van der Waals surface area contributed by atoms with Crippen molar-refractivity contribution in [2.45, 2.75) is 38.8 Å². The van der Waals surface area contributed by atoms with Gasteiger partial charge >= 0.3 is 6.09 Å². The molecule has 0 fully saturated rings. The monoisotopic (exact) mass is 454 g/mol. The highest BCUT2D eigenvalue weighted by Gasteiger charge is 2.25. The van der Waals surface area contributed by atoms with Crippen LogP contribution >= 0.6 is 0 Å². The van der Waals surface area contributed by atoms with E-state index in [0.29, 0.717) is 5.56 Å². The molecule has 1 amide bonds. The van der Waals surface area contributed by atoms with Crippen molar-refractivity contribution in [2.24, 2.45) is 0 Å². The fraction of sp³-hybridized carbons (Fsp3) is 0.273. The second-order valence-electron chi connectivity index (χ2n) is 8.00. The number of alkyl carbamates (subject to hydrolysis) is 1. The van der Waals surface area contributed by atoms with Gasteiger partial charge in [0.25, 0.3) is 11.4 Å². The van der Waals surface area contributed by atoms with Gasteiger partial charge in [0.05, 0.1) is 21.5 Å². The molecule has 2 aromatic carbocycles. The topological polar surface area (TPSA) is 169 Å². The molecular formula is C22H22N4O7. The van der Waals surface area contributed by atoms with E-state index >= 15 is 0 Å². The zero-order valence-electron chi connectivity index (χ0n) is 18.1. The van der Waals surface area contributed by atoms with Crippen molar-refractivity contribution in [3.63, 3.8) is 0 Å². The predicted octanol–water partition coefficient (Wildman–Crippen LogP) is 4.43. The van der Waals surface area contributed by atoms with Gasteiger partial charge in [0, 0.05) is 30.7 Å². The van der Waals surface area contributed by atoms with Gasteiger partial charge in [-0.25, -0.2) is 4.79 Å². The number of ether oxygens (including phenoxy) is 1. The molecule has 0 unspecified atom stereocenters. The molecule has 0 aliphatic carbocycles. The zero-order valence-corrected chi connectivity index (χ0v) is 18.1. The zero-order chi connectivity index (χ0) is 24.8. The summed E-state index contributed by atoms with van der Waals surface area (Å²) in [4.78, 5) is 33.0. The molecule has 0 heterocycles. The quantitative estimate of drug-likeness (QED) is 0.268. The van der Waals surface area contributed by atoms with Crippen LogP contribution < -0.4 is 5.32 Å². The predicted molar refractivity (Wildman–Crippen MR) is 118 cm³/mol. The van der Waals surface area contributed by atoms with Gasteiger partial charge in [-0.05, 0) is 44.0 Å². The average Bonchev–Trinajstić information content (AvgIpc) is 2.73. The normalized spacial score (nSPS) is 12.7. The van der Waals surface area contributed by atoms with E-state index in [1.807, 2.05) is 6.07 Å².